The first-order valence-corrected chi connectivity index (χ1v) is 14.5. The fourth-order valence-corrected chi connectivity index (χ4v) is 5.45. The number of anilines is 2. The van der Waals surface area contributed by atoms with E-state index in [1.807, 2.05) is 6.07 Å². The topological polar surface area (TPSA) is 101 Å². The second-order valence-electron chi connectivity index (χ2n) is 12.9. The molecule has 3 heterocycles. The van der Waals surface area contributed by atoms with Crippen molar-refractivity contribution in [3.8, 4) is 6.07 Å². The molecule has 2 aromatic heterocycles. The van der Waals surface area contributed by atoms with Gasteiger partial charge in [-0.1, -0.05) is 38.4 Å². The minimum absolute atomic E-state index is 0.165. The van der Waals surface area contributed by atoms with Gasteiger partial charge in [0.1, 0.15) is 27.3 Å². The monoisotopic (exact) mass is 606 g/mol. The van der Waals surface area contributed by atoms with Gasteiger partial charge in [-0.2, -0.15) is 9.65 Å². The van der Waals surface area contributed by atoms with Crippen LogP contribution in [0, 0.1) is 29.6 Å². The van der Waals surface area contributed by atoms with Crippen LogP contribution < -0.4 is 21.6 Å². The van der Waals surface area contributed by atoms with E-state index in [1.54, 1.807) is 26.9 Å². The zero-order valence-corrected chi connectivity index (χ0v) is 26.0. The van der Waals surface area contributed by atoms with Gasteiger partial charge >= 0.3 is 0 Å². The van der Waals surface area contributed by atoms with Crippen molar-refractivity contribution < 1.29 is 13.2 Å². The number of fused-ring (bicyclic) bond motifs is 1. The zero-order chi connectivity index (χ0) is 31.5. The number of pyridine rings is 2. The van der Waals surface area contributed by atoms with E-state index < -0.39 is 29.3 Å². The molecule has 222 valence electrons. The average Bonchev–Trinajstić information content (AvgIpc) is 3.64. The summed E-state index contributed by atoms with van der Waals surface area (Å²) >= 11 is 6.78. The fraction of sp³-hybridized carbons (Fsp3) is 0.393. The van der Waals surface area contributed by atoms with Gasteiger partial charge in [0.05, 0.1) is 33.5 Å². The van der Waals surface area contributed by atoms with Crippen LogP contribution in [0.5, 0.6) is 0 Å². The highest BCUT2D eigenvalue weighted by Gasteiger charge is 2.58. The van der Waals surface area contributed by atoms with E-state index in [2.05, 4.69) is 74.1 Å². The average molecular weight is 607 g/mol. The van der Waals surface area contributed by atoms with Crippen LogP contribution in [0.4, 0.5) is 24.5 Å². The molecule has 0 unspecified atom stereocenters. The molecule has 5 rings (SSSR count). The number of aromatic nitrogens is 2. The number of alkyl halides is 2. The van der Waals surface area contributed by atoms with Crippen molar-refractivity contribution in [3.05, 3.63) is 69.5 Å². The summed E-state index contributed by atoms with van der Waals surface area (Å²) < 4.78 is 42.1. The molecule has 0 amide bonds. The van der Waals surface area contributed by atoms with Crippen LogP contribution in [-0.4, -0.2) is 55.8 Å². The third kappa shape index (κ3) is 5.49. The van der Waals surface area contributed by atoms with E-state index in [4.69, 9.17) is 11.6 Å². The Balaban J connectivity index is 1.64. The molecule has 1 aliphatic carbocycles. The number of benzene rings is 1. The highest BCUT2D eigenvalue weighted by atomic mass is 35.5. The van der Waals surface area contributed by atoms with Gasteiger partial charge < -0.3 is 16.1 Å². The van der Waals surface area contributed by atoms with E-state index in [9.17, 15) is 18.4 Å². The molecule has 2 aliphatic rings. The minimum atomic E-state index is -2.54. The fourth-order valence-electron chi connectivity index (χ4n) is 5.19. The summed E-state index contributed by atoms with van der Waals surface area (Å²) in [5.74, 6) is -0.625. The van der Waals surface area contributed by atoms with E-state index in [0.717, 1.165) is 0 Å². The first-order valence-electron chi connectivity index (χ1n) is 14.1. The molecular weight excluding hydrogens is 573 g/mol. The summed E-state index contributed by atoms with van der Waals surface area (Å²) in [5, 5.41) is 19.1. The predicted molar refractivity (Wildman–Crippen MR) is 171 cm³/mol. The van der Waals surface area contributed by atoms with Crippen LogP contribution in [0.3, 0.4) is 0 Å². The van der Waals surface area contributed by atoms with Crippen LogP contribution in [0.15, 0.2) is 41.8 Å². The van der Waals surface area contributed by atoms with Gasteiger partial charge in [0.2, 0.25) is 5.95 Å². The largest absolute Gasteiger partial charge is 0.393 e. The SMILES string of the molecule is BC1=C([C@@H](Nc2cc(Cl)c3ncc(C#N)c(NC(B)(B)C(C)(C)C)c3c2)c2ccc(F)nc2C)NNN1C1(C(F)F)CC1. The maximum atomic E-state index is 14.0. The van der Waals surface area contributed by atoms with E-state index in [0.29, 0.717) is 68.3 Å². The smallest absolute Gasteiger partial charge is 0.262 e. The molecule has 4 N–H and O–H groups in total. The molecule has 0 radical (unpaired) electrons. The number of nitrogens with one attached hydrogen (secondary N) is 4. The number of halogens is 4. The number of rotatable bonds is 8. The maximum absolute atomic E-state index is 14.0. The molecule has 0 bridgehead atoms. The Kier molecular flexibility index (Phi) is 7.80. The Bertz CT molecular complexity index is 1670. The molecular formula is C28H33B3ClF3N8. The van der Waals surface area contributed by atoms with Crippen molar-refractivity contribution >= 4 is 57.4 Å². The second kappa shape index (κ2) is 10.9. The molecule has 15 heteroatoms. The van der Waals surface area contributed by atoms with Gasteiger partial charge in [-0.3, -0.25) is 9.99 Å². The minimum Gasteiger partial charge on any atom is -0.393 e. The number of nitrogens with zero attached hydrogens (tertiary/aromatic N) is 4. The molecule has 1 fully saturated rings. The lowest BCUT2D eigenvalue weighted by atomic mass is 9.49. The standard InChI is InChI=1S/C28H33B3ClF3N8/c1-13-16(5-6-19(33)38-13)22(23-24(29)43(42-41-23)27(7-8-27)25(34)35)39-15-9-17-20(40-28(30,31)26(2,3)4)14(11-36)12-37-21(17)18(32)10-15/h5-6,9-10,12,22,25,39,41-42H,7-8,29-31H2,1-4H3,(H,37,40)/t22-/m0/s1. The summed E-state index contributed by atoms with van der Waals surface area (Å²) in [5.41, 5.74) is 8.85. The number of hydrogen-bond donors (Lipinski definition) is 4. The number of hydrazine groups is 2. The Morgan fingerprint density at radius 2 is 1.91 bits per heavy atom. The number of nitriles is 1. The van der Waals surface area contributed by atoms with Gasteiger partial charge in [0, 0.05) is 34.1 Å². The van der Waals surface area contributed by atoms with E-state index in [1.165, 1.54) is 17.3 Å². The molecule has 43 heavy (non-hydrogen) atoms. The van der Waals surface area contributed by atoms with Gasteiger partial charge in [-0.25, -0.2) is 13.8 Å². The van der Waals surface area contributed by atoms with Crippen LogP contribution in [0.2, 0.25) is 5.02 Å². The zero-order valence-electron chi connectivity index (χ0n) is 25.3. The molecule has 3 aromatic rings. The lowest BCUT2D eigenvalue weighted by molar-refractivity contribution is 0.00650. The van der Waals surface area contributed by atoms with Crippen molar-refractivity contribution in [2.75, 3.05) is 10.6 Å². The molecule has 0 saturated heterocycles. The summed E-state index contributed by atoms with van der Waals surface area (Å²) in [6, 6.07) is 8.05. The van der Waals surface area contributed by atoms with Crippen molar-refractivity contribution in [1.29, 1.82) is 5.26 Å². The van der Waals surface area contributed by atoms with Gasteiger partial charge in [-0.15, -0.1) is 5.53 Å². The molecule has 1 saturated carbocycles. The quantitative estimate of drug-likeness (QED) is 0.230. The van der Waals surface area contributed by atoms with Gasteiger partial charge in [0.25, 0.3) is 6.43 Å². The Hall–Kier alpha value is -3.56. The second-order valence-corrected chi connectivity index (χ2v) is 13.3. The summed E-state index contributed by atoms with van der Waals surface area (Å²) in [6.45, 7) is 8.03. The van der Waals surface area contributed by atoms with Crippen molar-refractivity contribution in [1.82, 2.24) is 25.9 Å². The molecule has 1 aliphatic heterocycles. The molecule has 1 atom stereocenters. The van der Waals surface area contributed by atoms with Gasteiger partial charge in [-0.05, 0) is 48.7 Å². The van der Waals surface area contributed by atoms with Crippen LogP contribution in [0.1, 0.15) is 56.5 Å². The molecule has 8 nitrogen and oxygen atoms in total. The Morgan fingerprint density at radius 3 is 2.49 bits per heavy atom. The lowest BCUT2D eigenvalue weighted by Gasteiger charge is -2.41. The highest BCUT2D eigenvalue weighted by molar-refractivity contribution is 6.42. The van der Waals surface area contributed by atoms with Gasteiger partial charge in [0.15, 0.2) is 7.85 Å². The number of aryl methyl sites for hydroxylation is 1. The van der Waals surface area contributed by atoms with Crippen LogP contribution >= 0.6 is 11.6 Å². The first-order chi connectivity index (χ1) is 20.1. The lowest BCUT2D eigenvalue weighted by Crippen LogP contribution is -2.51. The van der Waals surface area contributed by atoms with E-state index in [-0.39, 0.29) is 5.41 Å². The van der Waals surface area contributed by atoms with E-state index >= 15 is 0 Å². The van der Waals surface area contributed by atoms with Crippen LogP contribution in [-0.2, 0) is 0 Å². The Labute approximate surface area is 257 Å². The maximum Gasteiger partial charge on any atom is 0.262 e. The molecule has 0 spiro atoms. The molecule has 1 aromatic carbocycles. The van der Waals surface area contributed by atoms with Crippen molar-refractivity contribution in [3.63, 3.8) is 0 Å². The Morgan fingerprint density at radius 1 is 1.21 bits per heavy atom. The van der Waals surface area contributed by atoms with Crippen LogP contribution in [0.25, 0.3) is 10.9 Å². The predicted octanol–water partition coefficient (Wildman–Crippen LogP) is 3.06. The summed E-state index contributed by atoms with van der Waals surface area (Å²) in [7, 11) is 5.89. The normalized spacial score (nSPS) is 17.2. The van der Waals surface area contributed by atoms with Crippen molar-refractivity contribution in [2.24, 2.45) is 5.41 Å². The van der Waals surface area contributed by atoms with Crippen molar-refractivity contribution in [2.45, 2.75) is 63.9 Å². The summed E-state index contributed by atoms with van der Waals surface area (Å²) in [6.07, 6.45) is -0.323. The third-order valence-electron chi connectivity index (χ3n) is 9.00. The number of hydrogen-bond acceptors (Lipinski definition) is 8. The summed E-state index contributed by atoms with van der Waals surface area (Å²) in [4.78, 5) is 8.49. The first kappa shape index (κ1) is 30.9. The highest BCUT2D eigenvalue weighted by Crippen LogP contribution is 2.49. The third-order valence-corrected chi connectivity index (χ3v) is 9.29.